The second-order valence-corrected chi connectivity index (χ2v) is 8.50. The van der Waals surface area contributed by atoms with E-state index in [2.05, 4.69) is 18.3 Å². The van der Waals surface area contributed by atoms with Crippen molar-refractivity contribution >= 4 is 62.0 Å². The molecule has 1 amide bonds. The molecule has 4 rings (SSSR count). The predicted molar refractivity (Wildman–Crippen MR) is 110 cm³/mol. The van der Waals surface area contributed by atoms with Crippen LogP contribution in [0.5, 0.6) is 0 Å². The molecule has 3 aromatic rings. The number of aromatic nitrogens is 1. The molecule has 2 heterocycles. The summed E-state index contributed by atoms with van der Waals surface area (Å²) in [5.74, 6) is 0.318. The molecule has 0 aliphatic heterocycles. The molecule has 2 aromatic heterocycles. The van der Waals surface area contributed by atoms with E-state index in [0.29, 0.717) is 32.2 Å². The number of hydrogen-bond donors (Lipinski definition) is 2. The number of fused-ring (bicyclic) bond motifs is 2. The fraction of sp³-hybridized carbons (Fsp3) is 0.263. The number of amides is 1. The Morgan fingerprint density at radius 2 is 2.08 bits per heavy atom. The first-order valence-corrected chi connectivity index (χ1v) is 9.97. The van der Waals surface area contributed by atoms with Gasteiger partial charge >= 0.3 is 0 Å². The van der Waals surface area contributed by atoms with E-state index >= 15 is 0 Å². The van der Waals surface area contributed by atoms with E-state index in [4.69, 9.17) is 33.9 Å². The van der Waals surface area contributed by atoms with Crippen molar-refractivity contribution < 1.29 is 4.79 Å². The summed E-state index contributed by atoms with van der Waals surface area (Å²) in [4.78, 5) is 18.7. The zero-order chi connectivity index (χ0) is 18.4. The van der Waals surface area contributed by atoms with Gasteiger partial charge in [0.25, 0.3) is 5.91 Å². The average molecular weight is 406 g/mol. The Morgan fingerprint density at radius 1 is 1.35 bits per heavy atom. The van der Waals surface area contributed by atoms with E-state index in [9.17, 15) is 4.79 Å². The summed E-state index contributed by atoms with van der Waals surface area (Å²) in [7, 11) is 0. The lowest BCUT2D eigenvalue weighted by Gasteiger charge is -2.20. The number of para-hydroxylation sites is 1. The molecular weight excluding hydrogens is 389 g/mol. The number of carbonyl (C=O) groups is 1. The zero-order valence-corrected chi connectivity index (χ0v) is 16.4. The van der Waals surface area contributed by atoms with Gasteiger partial charge in [-0.2, -0.15) is 0 Å². The van der Waals surface area contributed by atoms with Crippen LogP contribution >= 0.6 is 34.5 Å². The Bertz CT molecular complexity index is 1010. The van der Waals surface area contributed by atoms with Crippen molar-refractivity contribution in [1.82, 2.24) is 4.98 Å². The Hall–Kier alpha value is -1.82. The first kappa shape index (κ1) is 17.6. The first-order chi connectivity index (χ1) is 12.4. The summed E-state index contributed by atoms with van der Waals surface area (Å²) in [5, 5.41) is 4.38. The maximum absolute atomic E-state index is 12.8. The van der Waals surface area contributed by atoms with Crippen LogP contribution in [0.2, 0.25) is 10.0 Å². The fourth-order valence-electron chi connectivity index (χ4n) is 3.33. The summed E-state index contributed by atoms with van der Waals surface area (Å²) in [6.45, 7) is 2.25. The van der Waals surface area contributed by atoms with Crippen molar-refractivity contribution in [2.75, 3.05) is 11.1 Å². The molecular formula is C19H17Cl2N3OS. The highest BCUT2D eigenvalue weighted by molar-refractivity contribution is 7.21. The van der Waals surface area contributed by atoms with Gasteiger partial charge in [-0.25, -0.2) is 4.98 Å². The van der Waals surface area contributed by atoms with Gasteiger partial charge in [-0.3, -0.25) is 4.79 Å². The normalized spacial score (nSPS) is 16.5. The molecule has 0 bridgehead atoms. The number of nitrogens with one attached hydrogen (secondary N) is 1. The standard InChI is InChI=1S/C19H17Cl2N3OS/c1-9-5-6-14-10(7-9)8-11-15(22)17(26-19(11)23-14)18(25)24-16-12(20)3-2-4-13(16)21/h2-4,8-9H,5-7,22H2,1H3,(H,24,25). The van der Waals surface area contributed by atoms with Gasteiger partial charge in [-0.1, -0.05) is 36.2 Å². The minimum atomic E-state index is -0.327. The number of hydrogen-bond acceptors (Lipinski definition) is 4. The number of nitrogens with zero attached hydrogens (tertiary/aromatic N) is 1. The third-order valence-electron chi connectivity index (χ3n) is 4.74. The smallest absolute Gasteiger partial charge is 0.268 e. The number of halogens is 2. The average Bonchev–Trinajstić information content (AvgIpc) is 2.92. The van der Waals surface area contributed by atoms with Gasteiger partial charge in [0, 0.05) is 11.1 Å². The number of pyridine rings is 1. The number of aryl methyl sites for hydroxylation is 1. The number of nitrogens with two attached hydrogens (primary N) is 1. The van der Waals surface area contributed by atoms with Crippen LogP contribution in [-0.4, -0.2) is 10.9 Å². The number of carbonyl (C=O) groups excluding carboxylic acids is 1. The van der Waals surface area contributed by atoms with Gasteiger partial charge in [0.1, 0.15) is 9.71 Å². The maximum atomic E-state index is 12.8. The fourth-order valence-corrected chi connectivity index (χ4v) is 4.81. The lowest BCUT2D eigenvalue weighted by Crippen LogP contribution is -2.13. The number of anilines is 2. The van der Waals surface area contributed by atoms with Crippen molar-refractivity contribution in [1.29, 1.82) is 0 Å². The lowest BCUT2D eigenvalue weighted by atomic mass is 9.87. The molecule has 0 saturated carbocycles. The molecule has 0 fully saturated rings. The summed E-state index contributed by atoms with van der Waals surface area (Å²) >= 11 is 13.6. The molecule has 0 spiro atoms. The van der Waals surface area contributed by atoms with Crippen LogP contribution < -0.4 is 11.1 Å². The van der Waals surface area contributed by atoms with Crippen LogP contribution in [0.25, 0.3) is 10.2 Å². The Kier molecular flexibility index (Phi) is 4.55. The quantitative estimate of drug-likeness (QED) is 0.585. The van der Waals surface area contributed by atoms with Crippen LogP contribution in [0.3, 0.4) is 0 Å². The first-order valence-electron chi connectivity index (χ1n) is 8.40. The van der Waals surface area contributed by atoms with Gasteiger partial charge in [0.05, 0.1) is 21.4 Å². The molecule has 3 N–H and O–H groups in total. The van der Waals surface area contributed by atoms with E-state index in [-0.39, 0.29) is 5.91 Å². The topological polar surface area (TPSA) is 68.0 Å². The van der Waals surface area contributed by atoms with Crippen LogP contribution in [-0.2, 0) is 12.8 Å². The van der Waals surface area contributed by atoms with Crippen LogP contribution in [0, 0.1) is 5.92 Å². The second kappa shape index (κ2) is 6.72. The van der Waals surface area contributed by atoms with Crippen molar-refractivity contribution in [3.63, 3.8) is 0 Å². The lowest BCUT2D eigenvalue weighted by molar-refractivity contribution is 0.103. The molecule has 0 radical (unpaired) electrons. The molecule has 0 saturated heterocycles. The highest BCUT2D eigenvalue weighted by Crippen LogP contribution is 2.37. The van der Waals surface area contributed by atoms with E-state index in [1.807, 2.05) is 0 Å². The zero-order valence-electron chi connectivity index (χ0n) is 14.1. The summed E-state index contributed by atoms with van der Waals surface area (Å²) in [6.07, 6.45) is 3.12. The van der Waals surface area contributed by atoms with E-state index < -0.39 is 0 Å². The number of benzene rings is 1. The Balaban J connectivity index is 1.73. The minimum Gasteiger partial charge on any atom is -0.397 e. The second-order valence-electron chi connectivity index (χ2n) is 6.69. The van der Waals surface area contributed by atoms with E-state index in [1.54, 1.807) is 18.2 Å². The highest BCUT2D eigenvalue weighted by atomic mass is 35.5. The predicted octanol–water partition coefficient (Wildman–Crippen LogP) is 5.56. The van der Waals surface area contributed by atoms with Crippen LogP contribution in [0.4, 0.5) is 11.4 Å². The molecule has 7 heteroatoms. The van der Waals surface area contributed by atoms with Gasteiger partial charge in [0.2, 0.25) is 0 Å². The van der Waals surface area contributed by atoms with Gasteiger partial charge in [-0.15, -0.1) is 11.3 Å². The number of rotatable bonds is 2. The molecule has 1 aromatic carbocycles. The van der Waals surface area contributed by atoms with E-state index in [0.717, 1.165) is 35.2 Å². The van der Waals surface area contributed by atoms with Gasteiger partial charge in [-0.05, 0) is 48.9 Å². The SMILES string of the molecule is CC1CCc2nc3sc(C(=O)Nc4c(Cl)cccc4Cl)c(N)c3cc2C1. The molecule has 134 valence electrons. The van der Waals surface area contributed by atoms with E-state index in [1.165, 1.54) is 16.9 Å². The summed E-state index contributed by atoms with van der Waals surface area (Å²) in [5.41, 5.74) is 9.49. The Labute approximate surface area is 165 Å². The number of nitrogen functional groups attached to an aromatic ring is 1. The largest absolute Gasteiger partial charge is 0.397 e. The van der Waals surface area contributed by atoms with Crippen molar-refractivity contribution in [3.8, 4) is 0 Å². The van der Waals surface area contributed by atoms with Crippen molar-refractivity contribution in [2.45, 2.75) is 26.2 Å². The highest BCUT2D eigenvalue weighted by Gasteiger charge is 2.23. The third-order valence-corrected chi connectivity index (χ3v) is 6.48. The minimum absolute atomic E-state index is 0.327. The number of thiophene rings is 1. The molecule has 1 unspecified atom stereocenters. The molecule has 4 nitrogen and oxygen atoms in total. The van der Waals surface area contributed by atoms with Crippen molar-refractivity contribution in [3.05, 3.63) is 50.4 Å². The molecule has 1 aliphatic carbocycles. The molecule has 26 heavy (non-hydrogen) atoms. The van der Waals surface area contributed by atoms with Gasteiger partial charge < -0.3 is 11.1 Å². The van der Waals surface area contributed by atoms with Crippen LogP contribution in [0.15, 0.2) is 24.3 Å². The summed E-state index contributed by atoms with van der Waals surface area (Å²) in [6, 6.07) is 7.17. The Morgan fingerprint density at radius 3 is 2.81 bits per heavy atom. The molecule has 1 atom stereocenters. The van der Waals surface area contributed by atoms with Gasteiger partial charge in [0.15, 0.2) is 0 Å². The maximum Gasteiger partial charge on any atom is 0.268 e. The van der Waals surface area contributed by atoms with Crippen LogP contribution in [0.1, 0.15) is 34.3 Å². The third kappa shape index (κ3) is 3.04. The molecule has 1 aliphatic rings. The van der Waals surface area contributed by atoms with Crippen molar-refractivity contribution in [2.24, 2.45) is 5.92 Å². The summed E-state index contributed by atoms with van der Waals surface area (Å²) < 4.78 is 0. The monoisotopic (exact) mass is 405 g/mol.